The number of aromatic nitrogens is 4. The van der Waals surface area contributed by atoms with Gasteiger partial charge in [0.25, 0.3) is 0 Å². The third-order valence-corrected chi connectivity index (χ3v) is 5.17. The first kappa shape index (κ1) is 17.5. The molecule has 8 nitrogen and oxygen atoms in total. The number of nitrogens with one attached hydrogen (secondary N) is 1. The number of halogens is 3. The maximum atomic E-state index is 12.6. The van der Waals surface area contributed by atoms with Crippen LogP contribution < -0.4 is 5.32 Å². The molecular formula is C15H13F3N6O2S. The Morgan fingerprint density at radius 3 is 2.89 bits per heavy atom. The van der Waals surface area contributed by atoms with Crippen molar-refractivity contribution in [3.63, 3.8) is 0 Å². The highest BCUT2D eigenvalue weighted by molar-refractivity contribution is 7.15. The number of amides is 2. The first-order valence-corrected chi connectivity index (χ1v) is 8.68. The van der Waals surface area contributed by atoms with Gasteiger partial charge in [-0.15, -0.1) is 11.3 Å². The Kier molecular flexibility index (Phi) is 4.13. The molecule has 3 aromatic heterocycles. The number of aryl methyl sites for hydroxylation is 1. The first-order valence-electron chi connectivity index (χ1n) is 7.87. The molecule has 27 heavy (non-hydrogen) atoms. The van der Waals surface area contributed by atoms with Crippen molar-refractivity contribution in [1.82, 2.24) is 24.8 Å². The quantitative estimate of drug-likeness (QED) is 0.716. The van der Waals surface area contributed by atoms with Crippen LogP contribution in [0.15, 0.2) is 23.0 Å². The Hall–Kier alpha value is -2.89. The third-order valence-electron chi connectivity index (χ3n) is 4.01. The van der Waals surface area contributed by atoms with Gasteiger partial charge in [0, 0.05) is 24.7 Å². The Morgan fingerprint density at radius 2 is 2.22 bits per heavy atom. The van der Waals surface area contributed by atoms with Crippen molar-refractivity contribution in [2.45, 2.75) is 19.1 Å². The number of alkyl halides is 3. The van der Waals surface area contributed by atoms with Gasteiger partial charge in [-0.1, -0.05) is 5.16 Å². The van der Waals surface area contributed by atoms with Gasteiger partial charge in [-0.25, -0.2) is 4.79 Å². The molecule has 0 saturated carbocycles. The van der Waals surface area contributed by atoms with E-state index in [1.54, 1.807) is 35.1 Å². The Balaban J connectivity index is 1.49. The second-order valence-corrected chi connectivity index (χ2v) is 7.12. The normalized spacial score (nSPS) is 14.3. The molecule has 0 spiro atoms. The topological polar surface area (TPSA) is 89.1 Å². The number of anilines is 1. The van der Waals surface area contributed by atoms with Crippen molar-refractivity contribution in [2.75, 3.05) is 11.9 Å². The van der Waals surface area contributed by atoms with E-state index in [-0.39, 0.29) is 11.9 Å². The van der Waals surface area contributed by atoms with Crippen molar-refractivity contribution in [3.05, 3.63) is 34.8 Å². The number of hydrogen-bond acceptors (Lipinski definition) is 6. The lowest BCUT2D eigenvalue weighted by Crippen LogP contribution is -2.38. The van der Waals surface area contributed by atoms with Crippen LogP contribution in [0.5, 0.6) is 0 Å². The summed E-state index contributed by atoms with van der Waals surface area (Å²) in [6.45, 7) is 0.853. The van der Waals surface area contributed by atoms with Gasteiger partial charge < -0.3 is 14.7 Å². The molecule has 0 aromatic carbocycles. The molecule has 12 heteroatoms. The average Bonchev–Trinajstić information content (AvgIpc) is 3.31. The number of rotatable bonds is 2. The molecule has 0 aliphatic carbocycles. The second kappa shape index (κ2) is 6.37. The van der Waals surface area contributed by atoms with E-state index >= 15 is 0 Å². The van der Waals surface area contributed by atoms with E-state index in [1.165, 1.54) is 11.3 Å². The fraction of sp³-hybridized carbons (Fsp3) is 0.333. The molecule has 0 bridgehead atoms. The molecule has 0 radical (unpaired) electrons. The van der Waals surface area contributed by atoms with E-state index in [1.807, 2.05) is 0 Å². The zero-order valence-corrected chi connectivity index (χ0v) is 14.8. The Labute approximate surface area is 154 Å². The zero-order chi connectivity index (χ0) is 19.2. The molecule has 0 atom stereocenters. The van der Waals surface area contributed by atoms with Gasteiger partial charge in [-0.3, -0.25) is 4.68 Å². The highest BCUT2D eigenvalue weighted by atomic mass is 32.1. The van der Waals surface area contributed by atoms with E-state index in [4.69, 9.17) is 0 Å². The smallest absolute Gasteiger partial charge is 0.329 e. The Morgan fingerprint density at radius 1 is 1.41 bits per heavy atom. The maximum absolute atomic E-state index is 12.6. The number of urea groups is 1. The molecule has 1 aliphatic heterocycles. The van der Waals surface area contributed by atoms with Crippen LogP contribution in [-0.2, 0) is 26.2 Å². The number of carbonyl (C=O) groups is 1. The van der Waals surface area contributed by atoms with E-state index < -0.39 is 12.1 Å². The number of fused-ring (bicyclic) bond motifs is 1. The summed E-state index contributed by atoms with van der Waals surface area (Å²) in [7, 11) is 1.75. The summed E-state index contributed by atoms with van der Waals surface area (Å²) < 4.78 is 43.7. The fourth-order valence-corrected chi connectivity index (χ4v) is 3.88. The van der Waals surface area contributed by atoms with Crippen LogP contribution in [0.4, 0.5) is 23.7 Å². The summed E-state index contributed by atoms with van der Waals surface area (Å²) in [4.78, 5) is 18.8. The van der Waals surface area contributed by atoms with Gasteiger partial charge in [0.15, 0.2) is 0 Å². The summed E-state index contributed by atoms with van der Waals surface area (Å²) in [5, 5.41) is 10.2. The molecule has 3 aromatic rings. The van der Waals surface area contributed by atoms with Crippen LogP contribution in [0.2, 0.25) is 0 Å². The molecule has 0 unspecified atom stereocenters. The van der Waals surface area contributed by atoms with Gasteiger partial charge in [0.2, 0.25) is 5.82 Å². The van der Waals surface area contributed by atoms with Gasteiger partial charge in [-0.2, -0.15) is 23.3 Å². The summed E-state index contributed by atoms with van der Waals surface area (Å²) in [5.41, 5.74) is 1.56. The van der Waals surface area contributed by atoms with E-state index in [9.17, 15) is 18.0 Å². The van der Waals surface area contributed by atoms with Gasteiger partial charge in [0.05, 0.1) is 23.3 Å². The Bertz CT molecular complexity index is 992. The number of hydrogen-bond donors (Lipinski definition) is 1. The molecular weight excluding hydrogens is 385 g/mol. The van der Waals surface area contributed by atoms with E-state index in [0.717, 1.165) is 10.4 Å². The summed E-state index contributed by atoms with van der Waals surface area (Å²) >= 11 is 1.25. The molecule has 0 fully saturated rings. The van der Waals surface area contributed by atoms with Crippen LogP contribution in [-0.4, -0.2) is 37.4 Å². The molecule has 2 amide bonds. The van der Waals surface area contributed by atoms with E-state index in [2.05, 4.69) is 25.1 Å². The van der Waals surface area contributed by atoms with Crippen molar-refractivity contribution in [1.29, 1.82) is 0 Å². The van der Waals surface area contributed by atoms with Crippen LogP contribution in [0.1, 0.15) is 16.3 Å². The third kappa shape index (κ3) is 3.52. The van der Waals surface area contributed by atoms with Crippen molar-refractivity contribution < 1.29 is 22.5 Å². The summed E-state index contributed by atoms with van der Waals surface area (Å²) in [6.07, 6.45) is -0.852. The number of thiophene rings is 1. The highest BCUT2D eigenvalue weighted by Gasteiger charge is 2.38. The number of nitrogens with zero attached hydrogens (tertiary/aromatic N) is 5. The average molecular weight is 398 g/mol. The summed E-state index contributed by atoms with van der Waals surface area (Å²) in [5.74, 6) is -1.48. The van der Waals surface area contributed by atoms with Crippen molar-refractivity contribution >= 4 is 23.1 Å². The number of carbonyl (C=O) groups excluding carboxylic acids is 1. The lowest BCUT2D eigenvalue weighted by atomic mass is 10.1. The van der Waals surface area contributed by atoms with Crippen LogP contribution in [0.3, 0.4) is 0 Å². The fourth-order valence-electron chi connectivity index (χ4n) is 2.73. The van der Waals surface area contributed by atoms with Gasteiger partial charge >= 0.3 is 18.1 Å². The SMILES string of the molecule is Cn1cc(NC(=O)N2CCc3cc(-c4noc(C(F)(F)F)n4)sc3C2)cn1. The molecule has 1 N–H and O–H groups in total. The standard InChI is InChI=1S/C15H13F3N6O2S/c1-23-6-9(5-19-23)20-14(25)24-3-2-8-4-10(27-11(8)7-24)12-21-13(26-22-12)15(16,17)18/h4-6H,2-3,7H2,1H3,(H,20,25). The van der Waals surface area contributed by atoms with Crippen molar-refractivity contribution in [2.24, 2.45) is 7.05 Å². The van der Waals surface area contributed by atoms with Crippen LogP contribution in [0.25, 0.3) is 10.7 Å². The van der Waals surface area contributed by atoms with Crippen LogP contribution in [0, 0.1) is 0 Å². The summed E-state index contributed by atoms with van der Waals surface area (Å²) in [6, 6.07) is 1.49. The minimum absolute atomic E-state index is 0.104. The minimum Gasteiger partial charge on any atom is -0.329 e. The molecule has 4 rings (SSSR count). The van der Waals surface area contributed by atoms with E-state index in [0.29, 0.717) is 30.1 Å². The molecule has 0 saturated heterocycles. The van der Waals surface area contributed by atoms with Crippen molar-refractivity contribution in [3.8, 4) is 10.7 Å². The van der Waals surface area contributed by atoms with Crippen LogP contribution >= 0.6 is 11.3 Å². The minimum atomic E-state index is -4.68. The highest BCUT2D eigenvalue weighted by Crippen LogP contribution is 2.35. The predicted molar refractivity (Wildman–Crippen MR) is 89.0 cm³/mol. The zero-order valence-electron chi connectivity index (χ0n) is 13.9. The molecule has 1 aliphatic rings. The van der Waals surface area contributed by atoms with Gasteiger partial charge in [0.1, 0.15) is 0 Å². The second-order valence-electron chi connectivity index (χ2n) is 5.98. The van der Waals surface area contributed by atoms with Gasteiger partial charge in [-0.05, 0) is 18.1 Å². The lowest BCUT2D eigenvalue weighted by molar-refractivity contribution is -0.159. The maximum Gasteiger partial charge on any atom is 0.471 e. The largest absolute Gasteiger partial charge is 0.471 e. The predicted octanol–water partition coefficient (Wildman–Crippen LogP) is 3.14. The first-order chi connectivity index (χ1) is 12.8. The monoisotopic (exact) mass is 398 g/mol. The lowest BCUT2D eigenvalue weighted by Gasteiger charge is -2.26. The molecule has 142 valence electrons. The molecule has 4 heterocycles.